The molecule has 0 spiro atoms. The van der Waals surface area contributed by atoms with Gasteiger partial charge in [0, 0.05) is 31.7 Å². The normalized spacial score (nSPS) is 16.3. The SMILES string of the molecule is Cc1nc2ccccc2n1Cc1ccc(C(=O)N(C)C2CCNC2)cc1.Cl. The molecule has 3 aromatic rings. The summed E-state index contributed by atoms with van der Waals surface area (Å²) in [5.74, 6) is 1.09. The van der Waals surface area contributed by atoms with Crippen molar-refractivity contribution in [1.29, 1.82) is 0 Å². The summed E-state index contributed by atoms with van der Waals surface area (Å²) in [7, 11) is 1.90. The maximum atomic E-state index is 12.7. The summed E-state index contributed by atoms with van der Waals surface area (Å²) in [5.41, 5.74) is 4.07. The number of aromatic nitrogens is 2. The number of para-hydroxylation sites is 2. The predicted octanol–water partition coefficient (Wildman–Crippen LogP) is 3.25. The van der Waals surface area contributed by atoms with Crippen LogP contribution in [0.25, 0.3) is 11.0 Å². The fourth-order valence-corrected chi connectivity index (χ4v) is 3.67. The van der Waals surface area contributed by atoms with Crippen LogP contribution in [0, 0.1) is 6.92 Å². The van der Waals surface area contributed by atoms with Crippen molar-refractivity contribution in [1.82, 2.24) is 19.8 Å². The monoisotopic (exact) mass is 384 g/mol. The lowest BCUT2D eigenvalue weighted by atomic mass is 10.1. The molecule has 1 N–H and O–H groups in total. The molecular formula is C21H25ClN4O. The molecule has 5 nitrogen and oxygen atoms in total. The van der Waals surface area contributed by atoms with Crippen LogP contribution in [-0.4, -0.2) is 46.5 Å². The number of amides is 1. The number of fused-ring (bicyclic) bond motifs is 1. The van der Waals surface area contributed by atoms with Crippen molar-refractivity contribution in [3.05, 3.63) is 65.5 Å². The molecule has 1 unspecified atom stereocenters. The topological polar surface area (TPSA) is 50.2 Å². The number of nitrogens with zero attached hydrogens (tertiary/aromatic N) is 3. The molecule has 1 aromatic heterocycles. The average Bonchev–Trinajstić information content (AvgIpc) is 3.30. The number of carbonyl (C=O) groups excluding carboxylic acids is 1. The van der Waals surface area contributed by atoms with E-state index < -0.39 is 0 Å². The standard InChI is InChI=1S/C21H24N4O.ClH/c1-15-23-19-5-3-4-6-20(19)25(15)14-16-7-9-17(10-8-16)21(26)24(2)18-11-12-22-13-18;/h3-10,18,22H,11-14H2,1-2H3;1H. The quantitative estimate of drug-likeness (QED) is 0.751. The molecular weight excluding hydrogens is 360 g/mol. The summed E-state index contributed by atoms with van der Waals surface area (Å²) in [5, 5.41) is 3.31. The van der Waals surface area contributed by atoms with Gasteiger partial charge in [-0.2, -0.15) is 0 Å². The molecule has 0 saturated carbocycles. The molecule has 1 fully saturated rings. The van der Waals surface area contributed by atoms with Crippen LogP contribution < -0.4 is 5.32 Å². The molecule has 0 aliphatic carbocycles. The van der Waals surface area contributed by atoms with Gasteiger partial charge < -0.3 is 14.8 Å². The molecule has 0 bridgehead atoms. The molecule has 1 amide bonds. The third-order valence-electron chi connectivity index (χ3n) is 5.29. The van der Waals surface area contributed by atoms with Crippen LogP contribution in [0.1, 0.15) is 28.2 Å². The van der Waals surface area contributed by atoms with Gasteiger partial charge in [-0.25, -0.2) is 4.98 Å². The second kappa shape index (κ2) is 8.11. The van der Waals surface area contributed by atoms with Gasteiger partial charge in [0.2, 0.25) is 0 Å². The van der Waals surface area contributed by atoms with Crippen molar-refractivity contribution in [2.45, 2.75) is 25.9 Å². The molecule has 6 heteroatoms. The van der Waals surface area contributed by atoms with E-state index in [-0.39, 0.29) is 18.3 Å². The number of hydrogen-bond donors (Lipinski definition) is 1. The number of benzene rings is 2. The molecule has 1 atom stereocenters. The van der Waals surface area contributed by atoms with Gasteiger partial charge in [-0.3, -0.25) is 4.79 Å². The van der Waals surface area contributed by atoms with E-state index in [4.69, 9.17) is 0 Å². The maximum Gasteiger partial charge on any atom is 0.253 e. The zero-order chi connectivity index (χ0) is 18.1. The maximum absolute atomic E-state index is 12.7. The molecule has 2 aromatic carbocycles. The third-order valence-corrected chi connectivity index (χ3v) is 5.29. The van der Waals surface area contributed by atoms with E-state index in [0.717, 1.165) is 54.0 Å². The van der Waals surface area contributed by atoms with Crippen LogP contribution in [-0.2, 0) is 6.54 Å². The molecule has 1 aliphatic rings. The van der Waals surface area contributed by atoms with E-state index in [1.807, 2.05) is 61.3 Å². The Labute approximate surface area is 165 Å². The zero-order valence-corrected chi connectivity index (χ0v) is 16.5. The van der Waals surface area contributed by atoms with Crippen molar-refractivity contribution in [2.24, 2.45) is 0 Å². The fourth-order valence-electron chi connectivity index (χ4n) is 3.67. The minimum atomic E-state index is 0. The van der Waals surface area contributed by atoms with Crippen LogP contribution in [0.2, 0.25) is 0 Å². The fraction of sp³-hybridized carbons (Fsp3) is 0.333. The lowest BCUT2D eigenvalue weighted by molar-refractivity contribution is 0.0744. The lowest BCUT2D eigenvalue weighted by Gasteiger charge is -2.23. The van der Waals surface area contributed by atoms with Gasteiger partial charge in [-0.1, -0.05) is 24.3 Å². The van der Waals surface area contributed by atoms with Gasteiger partial charge in [0.15, 0.2) is 0 Å². The summed E-state index contributed by atoms with van der Waals surface area (Å²) in [6.45, 7) is 4.65. The van der Waals surface area contributed by atoms with Gasteiger partial charge in [-0.15, -0.1) is 12.4 Å². The Morgan fingerprint density at radius 1 is 1.22 bits per heavy atom. The Kier molecular flexibility index (Phi) is 5.82. The minimum Gasteiger partial charge on any atom is -0.337 e. The Morgan fingerprint density at radius 2 is 1.96 bits per heavy atom. The first-order valence-corrected chi connectivity index (χ1v) is 9.12. The van der Waals surface area contributed by atoms with E-state index in [9.17, 15) is 4.79 Å². The molecule has 1 aliphatic heterocycles. The highest BCUT2D eigenvalue weighted by atomic mass is 35.5. The average molecular weight is 385 g/mol. The first kappa shape index (κ1) is 19.4. The number of likely N-dealkylation sites (N-methyl/N-ethyl adjacent to an activating group) is 1. The third kappa shape index (κ3) is 3.84. The van der Waals surface area contributed by atoms with Crippen LogP contribution in [0.15, 0.2) is 48.5 Å². The number of hydrogen-bond acceptors (Lipinski definition) is 3. The first-order valence-electron chi connectivity index (χ1n) is 9.12. The second-order valence-corrected chi connectivity index (χ2v) is 6.99. The van der Waals surface area contributed by atoms with Crippen molar-refractivity contribution >= 4 is 29.3 Å². The van der Waals surface area contributed by atoms with Gasteiger partial charge in [0.1, 0.15) is 5.82 Å². The predicted molar refractivity (Wildman–Crippen MR) is 111 cm³/mol. The van der Waals surface area contributed by atoms with E-state index in [2.05, 4.69) is 20.9 Å². The largest absolute Gasteiger partial charge is 0.337 e. The first-order chi connectivity index (χ1) is 12.6. The molecule has 2 heterocycles. The Balaban J connectivity index is 0.00000210. The van der Waals surface area contributed by atoms with E-state index in [1.54, 1.807) is 0 Å². The van der Waals surface area contributed by atoms with Crippen molar-refractivity contribution in [3.63, 3.8) is 0 Å². The molecule has 1 saturated heterocycles. The molecule has 4 rings (SSSR count). The summed E-state index contributed by atoms with van der Waals surface area (Å²) in [6, 6.07) is 16.4. The van der Waals surface area contributed by atoms with Gasteiger partial charge in [0.25, 0.3) is 5.91 Å². The molecule has 27 heavy (non-hydrogen) atoms. The van der Waals surface area contributed by atoms with Crippen molar-refractivity contribution in [2.75, 3.05) is 20.1 Å². The Hall–Kier alpha value is -2.37. The van der Waals surface area contributed by atoms with Crippen LogP contribution in [0.4, 0.5) is 0 Å². The summed E-state index contributed by atoms with van der Waals surface area (Å²) in [6.07, 6.45) is 1.02. The van der Waals surface area contributed by atoms with Crippen LogP contribution in [0.3, 0.4) is 0 Å². The number of halogens is 1. The highest BCUT2D eigenvalue weighted by Crippen LogP contribution is 2.18. The van der Waals surface area contributed by atoms with Gasteiger partial charge in [0.05, 0.1) is 11.0 Å². The van der Waals surface area contributed by atoms with E-state index in [0.29, 0.717) is 6.04 Å². The highest BCUT2D eigenvalue weighted by molar-refractivity contribution is 5.94. The second-order valence-electron chi connectivity index (χ2n) is 6.99. The Morgan fingerprint density at radius 3 is 2.67 bits per heavy atom. The minimum absolute atomic E-state index is 0. The number of aryl methyl sites for hydroxylation is 1. The lowest BCUT2D eigenvalue weighted by Crippen LogP contribution is -2.38. The van der Waals surface area contributed by atoms with Crippen LogP contribution in [0.5, 0.6) is 0 Å². The van der Waals surface area contributed by atoms with Crippen LogP contribution >= 0.6 is 12.4 Å². The molecule has 142 valence electrons. The number of carbonyl (C=O) groups is 1. The zero-order valence-electron chi connectivity index (χ0n) is 15.7. The summed E-state index contributed by atoms with van der Waals surface area (Å²) in [4.78, 5) is 19.2. The smallest absolute Gasteiger partial charge is 0.253 e. The molecule has 0 radical (unpaired) electrons. The van der Waals surface area contributed by atoms with Crippen molar-refractivity contribution in [3.8, 4) is 0 Å². The highest BCUT2D eigenvalue weighted by Gasteiger charge is 2.23. The summed E-state index contributed by atoms with van der Waals surface area (Å²) < 4.78 is 2.21. The van der Waals surface area contributed by atoms with E-state index in [1.165, 1.54) is 0 Å². The van der Waals surface area contributed by atoms with Gasteiger partial charge >= 0.3 is 0 Å². The van der Waals surface area contributed by atoms with Crippen molar-refractivity contribution < 1.29 is 4.79 Å². The summed E-state index contributed by atoms with van der Waals surface area (Å²) >= 11 is 0. The van der Waals surface area contributed by atoms with E-state index >= 15 is 0 Å². The number of nitrogens with one attached hydrogen (secondary N) is 1. The van der Waals surface area contributed by atoms with Gasteiger partial charge in [-0.05, 0) is 49.7 Å². The number of rotatable bonds is 4. The number of imidazole rings is 1. The Bertz CT molecular complexity index is 929.